The van der Waals surface area contributed by atoms with Gasteiger partial charge in [0.15, 0.2) is 5.84 Å². The van der Waals surface area contributed by atoms with Crippen LogP contribution in [0.5, 0.6) is 5.75 Å². The van der Waals surface area contributed by atoms with E-state index in [1.54, 1.807) is 24.3 Å². The lowest BCUT2D eigenvalue weighted by molar-refractivity contribution is 0.177. The molecule has 0 bridgehead atoms. The van der Waals surface area contributed by atoms with Crippen LogP contribution in [0.25, 0.3) is 11.0 Å². The Bertz CT molecular complexity index is 1690. The van der Waals surface area contributed by atoms with Crippen molar-refractivity contribution < 1.29 is 23.1 Å². The molecule has 3 aromatic rings. The number of nitrogens with two attached hydrogens (primary N) is 1. The van der Waals surface area contributed by atoms with Gasteiger partial charge in [-0.3, -0.25) is 14.1 Å². The third-order valence-corrected chi connectivity index (χ3v) is 10.3. The molecule has 5 rings (SSSR count). The minimum Gasteiger partial charge on any atom is -0.506 e. The van der Waals surface area contributed by atoms with Crippen molar-refractivity contribution >= 4 is 49.0 Å². The van der Waals surface area contributed by atoms with E-state index in [4.69, 9.17) is 10.5 Å². The maximum atomic E-state index is 13.6. The summed E-state index contributed by atoms with van der Waals surface area (Å²) < 4.78 is 40.8. The lowest BCUT2D eigenvalue weighted by Crippen LogP contribution is -2.33. The molecule has 0 spiro atoms. The SMILES string of the molecule is CC(C)CCn1c(=O)c(C2=NS(=O)(=O)c3cc(C4CCC[SH](C(=O)OCCN)N4)ccc3N2)c(O)c2cccnc21. The summed E-state index contributed by atoms with van der Waals surface area (Å²) in [5.74, 6) is 0.337. The fraction of sp³-hybridized carbons (Fsp3) is 0.407. The third kappa shape index (κ3) is 5.82. The molecule has 0 saturated carbocycles. The predicted octanol–water partition coefficient (Wildman–Crippen LogP) is 3.15. The molecule has 14 heteroatoms. The average molecular weight is 603 g/mol. The number of nitrogens with zero attached hydrogens (tertiary/aromatic N) is 3. The first kappa shape index (κ1) is 29.0. The topological polar surface area (TPSA) is 178 Å². The van der Waals surface area contributed by atoms with Crippen molar-refractivity contribution in [1.29, 1.82) is 0 Å². The van der Waals surface area contributed by atoms with Crippen molar-refractivity contribution in [3.63, 3.8) is 0 Å². The van der Waals surface area contributed by atoms with Crippen molar-refractivity contribution in [3.05, 3.63) is 58.0 Å². The lowest BCUT2D eigenvalue weighted by atomic mass is 10.0. The minimum absolute atomic E-state index is 0.0526. The van der Waals surface area contributed by atoms with Crippen molar-refractivity contribution in [2.75, 3.05) is 24.2 Å². The number of amidine groups is 1. The van der Waals surface area contributed by atoms with Crippen molar-refractivity contribution in [1.82, 2.24) is 14.3 Å². The number of fused-ring (bicyclic) bond motifs is 2. The highest BCUT2D eigenvalue weighted by molar-refractivity contribution is 8.28. The maximum absolute atomic E-state index is 13.6. The number of aromatic hydroxyl groups is 1. The Morgan fingerprint density at radius 2 is 2.12 bits per heavy atom. The average Bonchev–Trinajstić information content (AvgIpc) is 2.95. The second kappa shape index (κ2) is 11.8. The number of aryl methyl sites for hydroxylation is 1. The number of pyridine rings is 2. The van der Waals surface area contributed by atoms with E-state index in [-0.39, 0.29) is 52.2 Å². The second-order valence-electron chi connectivity index (χ2n) is 10.4. The van der Waals surface area contributed by atoms with Gasteiger partial charge < -0.3 is 20.9 Å². The number of rotatable bonds is 7. The van der Waals surface area contributed by atoms with Gasteiger partial charge in [0, 0.05) is 25.3 Å². The quantitative estimate of drug-likeness (QED) is 0.199. The van der Waals surface area contributed by atoms with E-state index in [2.05, 4.69) is 19.4 Å². The van der Waals surface area contributed by atoms with Gasteiger partial charge >= 0.3 is 5.30 Å². The summed E-state index contributed by atoms with van der Waals surface area (Å²) in [7, 11) is -4.25. The van der Waals surface area contributed by atoms with Gasteiger partial charge in [0.1, 0.15) is 28.5 Å². The molecule has 2 aromatic heterocycles. The number of thiol groups is 1. The molecular formula is C27H34N6O6S2. The molecule has 2 unspecified atom stereocenters. The molecule has 41 heavy (non-hydrogen) atoms. The monoisotopic (exact) mass is 602 g/mol. The van der Waals surface area contributed by atoms with Crippen LogP contribution < -0.4 is 21.3 Å². The van der Waals surface area contributed by atoms with E-state index in [1.807, 2.05) is 13.8 Å². The zero-order valence-electron chi connectivity index (χ0n) is 22.8. The minimum atomic E-state index is -4.25. The van der Waals surface area contributed by atoms with E-state index in [0.717, 1.165) is 12.8 Å². The van der Waals surface area contributed by atoms with Gasteiger partial charge in [0.2, 0.25) is 0 Å². The number of benzene rings is 1. The van der Waals surface area contributed by atoms with Gasteiger partial charge in [0.05, 0.1) is 11.1 Å². The molecule has 5 N–H and O–H groups in total. The number of hydrogen-bond donors (Lipinski definition) is 5. The van der Waals surface area contributed by atoms with Crippen LogP contribution >= 0.6 is 11.1 Å². The zero-order chi connectivity index (χ0) is 29.3. The molecule has 2 atom stereocenters. The Morgan fingerprint density at radius 1 is 1.32 bits per heavy atom. The number of nitrogens with one attached hydrogen (secondary N) is 2. The summed E-state index contributed by atoms with van der Waals surface area (Å²) in [4.78, 5) is 30.3. The zero-order valence-corrected chi connectivity index (χ0v) is 24.5. The molecular weight excluding hydrogens is 568 g/mol. The number of sulfonamides is 1. The Labute approximate surface area is 240 Å². The summed E-state index contributed by atoms with van der Waals surface area (Å²) in [6.45, 7) is 4.80. The van der Waals surface area contributed by atoms with Crippen LogP contribution in [0.15, 0.2) is 50.6 Å². The van der Waals surface area contributed by atoms with Crippen LogP contribution in [-0.4, -0.2) is 53.1 Å². The van der Waals surface area contributed by atoms with Gasteiger partial charge in [-0.05, 0) is 60.8 Å². The van der Waals surface area contributed by atoms with Crippen LogP contribution in [0.4, 0.5) is 10.5 Å². The molecule has 0 radical (unpaired) electrons. The molecule has 2 aliphatic heterocycles. The standard InChI is InChI=1S/C27H34N6O6S2/c1-16(2)9-12-33-25-18(5-3-11-29-25)23(34)22(26(33)35)24-30-20-8-7-17(15-21(20)41(37,38)32-24)19-6-4-14-40(31-19)27(36)39-13-10-28/h3,5,7-8,11,15-16,19,31,34,40H,4,6,9-10,12-14,28H2,1-2H3,(H,30,32). The summed E-state index contributed by atoms with van der Waals surface area (Å²) in [6, 6.07) is 7.94. The smallest absolute Gasteiger partial charge is 0.359 e. The molecule has 0 aliphatic carbocycles. The molecule has 1 aromatic carbocycles. The van der Waals surface area contributed by atoms with E-state index >= 15 is 0 Å². The number of carbonyl (C=O) groups is 1. The van der Waals surface area contributed by atoms with Crippen molar-refractivity contribution in [2.24, 2.45) is 16.0 Å². The Morgan fingerprint density at radius 3 is 2.88 bits per heavy atom. The predicted molar refractivity (Wildman–Crippen MR) is 160 cm³/mol. The number of carbonyl (C=O) groups excluding carboxylic acids is 1. The first-order chi connectivity index (χ1) is 19.6. The van der Waals surface area contributed by atoms with Gasteiger partial charge in [-0.2, -0.15) is 8.42 Å². The first-order valence-corrected chi connectivity index (χ1v) is 16.4. The van der Waals surface area contributed by atoms with Crippen LogP contribution in [0, 0.1) is 5.92 Å². The van der Waals surface area contributed by atoms with Gasteiger partial charge in [-0.1, -0.05) is 19.9 Å². The Balaban J connectivity index is 1.50. The number of anilines is 1. The van der Waals surface area contributed by atoms with Gasteiger partial charge in [-0.15, -0.1) is 15.5 Å². The van der Waals surface area contributed by atoms with Crippen LogP contribution in [-0.2, 0) is 21.3 Å². The fourth-order valence-electron chi connectivity index (χ4n) is 4.95. The van der Waals surface area contributed by atoms with E-state index in [1.165, 1.54) is 16.8 Å². The highest BCUT2D eigenvalue weighted by atomic mass is 32.2. The van der Waals surface area contributed by atoms with E-state index < -0.39 is 26.7 Å². The highest BCUT2D eigenvalue weighted by Gasteiger charge is 2.32. The molecule has 1 saturated heterocycles. The molecule has 2 aliphatic rings. The molecule has 12 nitrogen and oxygen atoms in total. The molecule has 220 valence electrons. The second-order valence-corrected chi connectivity index (χ2v) is 13.9. The van der Waals surface area contributed by atoms with Crippen molar-refractivity contribution in [3.8, 4) is 5.75 Å². The molecule has 4 heterocycles. The van der Waals surface area contributed by atoms with Crippen molar-refractivity contribution in [2.45, 2.75) is 50.6 Å². The van der Waals surface area contributed by atoms with E-state index in [0.29, 0.717) is 41.2 Å². The highest BCUT2D eigenvalue weighted by Crippen LogP contribution is 2.39. The molecule has 0 amide bonds. The number of hydrogen-bond acceptors (Lipinski definition) is 10. The summed E-state index contributed by atoms with van der Waals surface area (Å²) >= 11 is -1.24. The summed E-state index contributed by atoms with van der Waals surface area (Å²) in [5.41, 5.74) is 5.86. The van der Waals surface area contributed by atoms with Crippen LogP contribution in [0.3, 0.4) is 0 Å². The third-order valence-electron chi connectivity index (χ3n) is 7.06. The Hall–Kier alpha value is -3.46. The van der Waals surface area contributed by atoms with Gasteiger partial charge in [-0.25, -0.2) is 9.78 Å². The fourth-order valence-corrected chi connectivity index (χ4v) is 7.93. The summed E-state index contributed by atoms with van der Waals surface area (Å²) in [6.07, 6.45) is 3.72. The van der Waals surface area contributed by atoms with Crippen LogP contribution in [0.1, 0.15) is 50.3 Å². The normalized spacial score (nSPS) is 20.7. The lowest BCUT2D eigenvalue weighted by Gasteiger charge is -2.33. The largest absolute Gasteiger partial charge is 0.506 e. The maximum Gasteiger partial charge on any atom is 0.359 e. The summed E-state index contributed by atoms with van der Waals surface area (Å²) in [5, 5.41) is 14.1. The number of aromatic nitrogens is 2. The van der Waals surface area contributed by atoms with Gasteiger partial charge in [0.25, 0.3) is 15.6 Å². The number of ether oxygens (including phenoxy) is 1. The molecule has 1 fully saturated rings. The first-order valence-electron chi connectivity index (χ1n) is 13.5. The Kier molecular flexibility index (Phi) is 8.36. The van der Waals surface area contributed by atoms with Crippen LogP contribution in [0.2, 0.25) is 0 Å². The van der Waals surface area contributed by atoms with E-state index in [9.17, 15) is 23.1 Å².